The van der Waals surface area contributed by atoms with Crippen molar-refractivity contribution in [1.82, 2.24) is 14.9 Å². The van der Waals surface area contributed by atoms with Crippen LogP contribution >= 0.6 is 11.3 Å². The smallest absolute Gasteiger partial charge is 0.364 e. The van der Waals surface area contributed by atoms with Gasteiger partial charge < -0.3 is 16.0 Å². The zero-order chi connectivity index (χ0) is 26.1. The van der Waals surface area contributed by atoms with Gasteiger partial charge in [0.1, 0.15) is 18.1 Å². The zero-order valence-corrected chi connectivity index (χ0v) is 19.6. The fourth-order valence-corrected chi connectivity index (χ4v) is 5.02. The lowest BCUT2D eigenvalue weighted by molar-refractivity contribution is -0.137. The molecule has 1 fully saturated rings. The Kier molecular flexibility index (Phi) is 7.62. The lowest BCUT2D eigenvalue weighted by Crippen LogP contribution is -2.40. The third-order valence-corrected chi connectivity index (χ3v) is 6.71. The molecule has 1 aliphatic rings. The van der Waals surface area contributed by atoms with Gasteiger partial charge >= 0.3 is 12.4 Å². The molecule has 1 saturated heterocycles. The van der Waals surface area contributed by atoms with Crippen LogP contribution in [0.2, 0.25) is 0 Å². The molecule has 3 N–H and O–H groups in total. The first-order chi connectivity index (χ1) is 16.2. The fourth-order valence-electron chi connectivity index (χ4n) is 4.09. The fraction of sp³-hybridized carbons (Fsp3) is 0.524. The van der Waals surface area contributed by atoms with Gasteiger partial charge in [-0.3, -0.25) is 9.59 Å². The molecule has 192 valence electrons. The number of aromatic nitrogens is 2. The van der Waals surface area contributed by atoms with Crippen LogP contribution < -0.4 is 11.1 Å². The van der Waals surface area contributed by atoms with Gasteiger partial charge in [-0.15, -0.1) is 11.3 Å². The van der Waals surface area contributed by atoms with Gasteiger partial charge in [-0.05, 0) is 32.3 Å². The third kappa shape index (κ3) is 6.03. The van der Waals surface area contributed by atoms with E-state index in [4.69, 9.17) is 5.73 Å². The number of alkyl halides is 6. The van der Waals surface area contributed by atoms with E-state index in [1.54, 1.807) is 4.90 Å². The summed E-state index contributed by atoms with van der Waals surface area (Å²) >= 11 is 0.504. The van der Waals surface area contributed by atoms with E-state index < -0.39 is 47.7 Å². The van der Waals surface area contributed by atoms with Crippen LogP contribution in [0.25, 0.3) is 10.4 Å². The molecule has 2 unspecified atom stereocenters. The van der Waals surface area contributed by atoms with Crippen molar-refractivity contribution < 1.29 is 35.9 Å². The molecule has 0 saturated carbocycles. The molecule has 0 aromatic carbocycles. The quantitative estimate of drug-likeness (QED) is 0.493. The Balaban J connectivity index is 2.12. The number of rotatable bonds is 7. The first-order valence-corrected chi connectivity index (χ1v) is 11.6. The number of nitrogens with two attached hydrogens (primary N) is 1. The molecule has 0 spiro atoms. The number of nitrogens with one attached hydrogen (secondary N) is 1. The van der Waals surface area contributed by atoms with Gasteiger partial charge in [-0.25, -0.2) is 9.97 Å². The molecular formula is C21H23F6N5O2S. The molecule has 2 atom stereocenters. The Morgan fingerprint density at radius 3 is 2.49 bits per heavy atom. The third-order valence-electron chi connectivity index (χ3n) is 5.61. The van der Waals surface area contributed by atoms with Crippen LogP contribution in [0.3, 0.4) is 0 Å². The summed E-state index contributed by atoms with van der Waals surface area (Å²) in [7, 11) is 0. The highest BCUT2D eigenvalue weighted by Crippen LogP contribution is 2.42. The van der Waals surface area contributed by atoms with Crippen LogP contribution in [0, 0.1) is 0 Å². The first kappa shape index (κ1) is 26.7. The summed E-state index contributed by atoms with van der Waals surface area (Å²) in [5.74, 6) is -2.32. The maximum Gasteiger partial charge on any atom is 0.417 e. The van der Waals surface area contributed by atoms with Crippen molar-refractivity contribution in [3.8, 4) is 10.4 Å². The summed E-state index contributed by atoms with van der Waals surface area (Å²) in [6.45, 7) is 2.18. The second-order valence-corrected chi connectivity index (χ2v) is 9.22. The first-order valence-electron chi connectivity index (χ1n) is 10.7. The average Bonchev–Trinajstić information content (AvgIpc) is 3.35. The number of carbonyl (C=O) groups is 2. The number of thiazole rings is 1. The summed E-state index contributed by atoms with van der Waals surface area (Å²) in [6, 6.07) is 0.0974. The van der Waals surface area contributed by atoms with Crippen LogP contribution in [0.4, 0.5) is 32.2 Å². The molecule has 3 rings (SSSR count). The molecule has 7 nitrogen and oxygen atoms in total. The van der Waals surface area contributed by atoms with Gasteiger partial charge in [-0.1, -0.05) is 13.3 Å². The number of likely N-dealkylation sites (tertiary alicyclic amines) is 1. The van der Waals surface area contributed by atoms with Gasteiger partial charge in [0, 0.05) is 23.8 Å². The van der Waals surface area contributed by atoms with E-state index in [1.165, 1.54) is 0 Å². The van der Waals surface area contributed by atoms with E-state index in [0.29, 0.717) is 36.4 Å². The van der Waals surface area contributed by atoms with Crippen LogP contribution in [-0.4, -0.2) is 51.5 Å². The van der Waals surface area contributed by atoms with Gasteiger partial charge in [0.05, 0.1) is 10.4 Å². The van der Waals surface area contributed by atoms with Crippen molar-refractivity contribution in [3.63, 3.8) is 0 Å². The maximum atomic E-state index is 13.9. The average molecular weight is 524 g/mol. The molecule has 2 aromatic heterocycles. The summed E-state index contributed by atoms with van der Waals surface area (Å²) in [6.07, 6.45) is -6.07. The molecule has 0 radical (unpaired) electrons. The standard InChI is InChI=1S/C21H23F6N5O2S/c1-3-4-11-6-5-10(2)32(11)19(34)15-16(35-18(31-15)17(28)33)12-8-29-14(30-9-20(22,23)24)7-13(12)21(25,26)27/h7-8,10-11H,3-6,9H2,1-2H3,(H2,28,33)(H,29,30). The molecule has 0 aliphatic carbocycles. The minimum Gasteiger partial charge on any atom is -0.364 e. The number of halogens is 6. The number of carbonyl (C=O) groups excluding carboxylic acids is 2. The number of hydrogen-bond acceptors (Lipinski definition) is 6. The van der Waals surface area contributed by atoms with E-state index in [-0.39, 0.29) is 27.7 Å². The predicted molar refractivity (Wildman–Crippen MR) is 117 cm³/mol. The van der Waals surface area contributed by atoms with E-state index in [1.807, 2.05) is 19.2 Å². The van der Waals surface area contributed by atoms with Crippen LogP contribution in [0.15, 0.2) is 12.3 Å². The van der Waals surface area contributed by atoms with Gasteiger partial charge in [0.25, 0.3) is 11.8 Å². The number of pyridine rings is 1. The largest absolute Gasteiger partial charge is 0.417 e. The molecule has 1 aliphatic heterocycles. The molecule has 35 heavy (non-hydrogen) atoms. The van der Waals surface area contributed by atoms with Crippen molar-refractivity contribution in [3.05, 3.63) is 28.5 Å². The van der Waals surface area contributed by atoms with Crippen LogP contribution in [-0.2, 0) is 6.18 Å². The molecule has 3 heterocycles. The Hall–Kier alpha value is -2.90. The van der Waals surface area contributed by atoms with Crippen molar-refractivity contribution in [2.45, 2.75) is 64.0 Å². The van der Waals surface area contributed by atoms with Gasteiger partial charge in [0.2, 0.25) is 0 Å². The Morgan fingerprint density at radius 2 is 1.91 bits per heavy atom. The summed E-state index contributed by atoms with van der Waals surface area (Å²) < 4.78 is 79.3. The van der Waals surface area contributed by atoms with E-state index in [2.05, 4.69) is 9.97 Å². The number of primary amides is 1. The van der Waals surface area contributed by atoms with E-state index in [9.17, 15) is 35.9 Å². The lowest BCUT2D eigenvalue weighted by atomic mass is 10.1. The van der Waals surface area contributed by atoms with E-state index in [0.717, 1.165) is 12.8 Å². The van der Waals surface area contributed by atoms with Crippen molar-refractivity contribution in [2.75, 3.05) is 11.9 Å². The lowest BCUT2D eigenvalue weighted by Gasteiger charge is -2.28. The number of amides is 2. The zero-order valence-electron chi connectivity index (χ0n) is 18.8. The number of nitrogens with zero attached hydrogens (tertiary/aromatic N) is 3. The predicted octanol–water partition coefficient (Wildman–Crippen LogP) is 5.09. The van der Waals surface area contributed by atoms with Crippen molar-refractivity contribution >= 4 is 29.0 Å². The second kappa shape index (κ2) is 9.99. The topological polar surface area (TPSA) is 101 Å². The minimum absolute atomic E-state index is 0.136. The van der Waals surface area contributed by atoms with Gasteiger partial charge in [-0.2, -0.15) is 26.3 Å². The van der Waals surface area contributed by atoms with Crippen molar-refractivity contribution in [2.24, 2.45) is 5.73 Å². The SMILES string of the molecule is CCCC1CCC(C)N1C(=O)c1nc(C(N)=O)sc1-c1cnc(NCC(F)(F)F)cc1C(F)(F)F. The molecule has 2 aromatic rings. The molecular weight excluding hydrogens is 500 g/mol. The minimum atomic E-state index is -5.00. The second-order valence-electron chi connectivity index (χ2n) is 8.22. The highest BCUT2D eigenvalue weighted by Gasteiger charge is 2.40. The Morgan fingerprint density at radius 1 is 1.23 bits per heavy atom. The van der Waals surface area contributed by atoms with Crippen LogP contribution in [0.5, 0.6) is 0 Å². The monoisotopic (exact) mass is 523 g/mol. The summed E-state index contributed by atoms with van der Waals surface area (Å²) in [5.41, 5.74) is 3.01. The van der Waals surface area contributed by atoms with Crippen molar-refractivity contribution in [1.29, 1.82) is 0 Å². The van der Waals surface area contributed by atoms with Crippen LogP contribution in [0.1, 0.15) is 65.4 Å². The Labute approximate surface area is 200 Å². The normalized spacial score (nSPS) is 18.7. The summed E-state index contributed by atoms with van der Waals surface area (Å²) in [5, 5.41) is 1.44. The molecule has 0 bridgehead atoms. The van der Waals surface area contributed by atoms with Gasteiger partial charge in [0.15, 0.2) is 5.01 Å². The molecule has 14 heteroatoms. The molecule has 2 amide bonds. The highest BCUT2D eigenvalue weighted by atomic mass is 32.1. The summed E-state index contributed by atoms with van der Waals surface area (Å²) in [4.78, 5) is 34.2. The Bertz CT molecular complexity index is 1100. The number of hydrogen-bond donors (Lipinski definition) is 2. The van der Waals surface area contributed by atoms with E-state index >= 15 is 0 Å². The highest BCUT2D eigenvalue weighted by molar-refractivity contribution is 7.17. The number of anilines is 1. The maximum absolute atomic E-state index is 13.9.